The van der Waals surface area contributed by atoms with E-state index < -0.39 is 11.8 Å². The van der Waals surface area contributed by atoms with Gasteiger partial charge in [0.15, 0.2) is 0 Å². The monoisotopic (exact) mass is 357 g/mol. The van der Waals surface area contributed by atoms with Crippen LogP contribution in [0.4, 0.5) is 11.4 Å². The summed E-state index contributed by atoms with van der Waals surface area (Å²) in [7, 11) is 0. The van der Waals surface area contributed by atoms with E-state index in [1.165, 1.54) is 11.3 Å². The van der Waals surface area contributed by atoms with Gasteiger partial charge < -0.3 is 15.5 Å². The van der Waals surface area contributed by atoms with Crippen LogP contribution in [0, 0.1) is 0 Å². The number of amides is 3. The van der Waals surface area contributed by atoms with Gasteiger partial charge in [-0.2, -0.15) is 11.3 Å². The van der Waals surface area contributed by atoms with E-state index in [4.69, 9.17) is 0 Å². The standard InChI is InChI=1S/C18H19N3O3S/c22-16-6-1-2-8-21(16)15-5-3-4-14(10-15)20-18(24)17(23)19-11-13-7-9-25-12-13/h3-5,7,9-10,12H,1-2,6,8,11H2,(H,19,23)(H,20,24). The minimum atomic E-state index is -0.725. The fraction of sp³-hybridized carbons (Fsp3) is 0.278. The predicted octanol–water partition coefficient (Wildman–Crippen LogP) is 2.52. The Kier molecular flexibility index (Phi) is 5.45. The quantitative estimate of drug-likeness (QED) is 0.826. The Labute approximate surface area is 149 Å². The van der Waals surface area contributed by atoms with Crippen molar-refractivity contribution in [1.82, 2.24) is 5.32 Å². The third-order valence-electron chi connectivity index (χ3n) is 3.98. The van der Waals surface area contributed by atoms with Crippen LogP contribution in [0.1, 0.15) is 24.8 Å². The van der Waals surface area contributed by atoms with Gasteiger partial charge in [0.05, 0.1) is 0 Å². The lowest BCUT2D eigenvalue weighted by Gasteiger charge is -2.27. The zero-order valence-corrected chi connectivity index (χ0v) is 14.5. The van der Waals surface area contributed by atoms with Crippen LogP contribution in [-0.2, 0) is 20.9 Å². The average Bonchev–Trinajstić information content (AvgIpc) is 3.14. The number of rotatable bonds is 4. The second kappa shape index (κ2) is 7.94. The maximum Gasteiger partial charge on any atom is 0.313 e. The fourth-order valence-corrected chi connectivity index (χ4v) is 3.34. The summed E-state index contributed by atoms with van der Waals surface area (Å²) in [5, 5.41) is 8.99. The SMILES string of the molecule is O=C(NCc1ccsc1)C(=O)Nc1cccc(N2CCCCC2=O)c1. The largest absolute Gasteiger partial charge is 0.344 e. The van der Waals surface area contributed by atoms with Crippen LogP contribution in [0.5, 0.6) is 0 Å². The van der Waals surface area contributed by atoms with Crippen LogP contribution < -0.4 is 15.5 Å². The number of hydrogen-bond donors (Lipinski definition) is 2. The molecule has 2 heterocycles. The van der Waals surface area contributed by atoms with Gasteiger partial charge in [-0.25, -0.2) is 0 Å². The average molecular weight is 357 g/mol. The fourth-order valence-electron chi connectivity index (χ4n) is 2.67. The van der Waals surface area contributed by atoms with Crippen molar-refractivity contribution in [1.29, 1.82) is 0 Å². The highest BCUT2D eigenvalue weighted by Crippen LogP contribution is 2.23. The topological polar surface area (TPSA) is 78.5 Å². The molecule has 130 valence electrons. The first-order chi connectivity index (χ1) is 12.1. The molecular formula is C18H19N3O3S. The predicted molar refractivity (Wildman–Crippen MR) is 97.4 cm³/mol. The summed E-state index contributed by atoms with van der Waals surface area (Å²) in [6.45, 7) is 0.995. The number of carbonyl (C=O) groups is 3. The van der Waals surface area contributed by atoms with Crippen LogP contribution in [0.3, 0.4) is 0 Å². The van der Waals surface area contributed by atoms with Crippen LogP contribution in [0.2, 0.25) is 0 Å². The van der Waals surface area contributed by atoms with Gasteiger partial charge in [-0.1, -0.05) is 6.07 Å². The highest BCUT2D eigenvalue weighted by Gasteiger charge is 2.20. The molecule has 0 atom stereocenters. The highest BCUT2D eigenvalue weighted by molar-refractivity contribution is 7.07. The normalized spacial score (nSPS) is 14.2. The Morgan fingerprint density at radius 2 is 2.04 bits per heavy atom. The van der Waals surface area contributed by atoms with Gasteiger partial charge in [-0.05, 0) is 53.4 Å². The summed E-state index contributed by atoms with van der Waals surface area (Å²) in [6, 6.07) is 8.89. The molecule has 2 aromatic rings. The number of piperidine rings is 1. The van der Waals surface area contributed by atoms with Crippen molar-refractivity contribution >= 4 is 40.4 Å². The van der Waals surface area contributed by atoms with Gasteiger partial charge in [-0.15, -0.1) is 0 Å². The number of nitrogens with one attached hydrogen (secondary N) is 2. The summed E-state index contributed by atoms with van der Waals surface area (Å²) >= 11 is 1.53. The summed E-state index contributed by atoms with van der Waals surface area (Å²) in [5.41, 5.74) is 2.18. The summed E-state index contributed by atoms with van der Waals surface area (Å²) in [6.07, 6.45) is 2.42. The van der Waals surface area contributed by atoms with Crippen LogP contribution >= 0.6 is 11.3 Å². The van der Waals surface area contributed by atoms with E-state index in [2.05, 4.69) is 10.6 Å². The van der Waals surface area contributed by atoms with Gasteiger partial charge in [0, 0.05) is 30.9 Å². The first-order valence-electron chi connectivity index (χ1n) is 8.14. The van der Waals surface area contributed by atoms with Crippen LogP contribution in [-0.4, -0.2) is 24.3 Å². The third kappa shape index (κ3) is 4.45. The Morgan fingerprint density at radius 3 is 2.80 bits per heavy atom. The Morgan fingerprint density at radius 1 is 1.16 bits per heavy atom. The van der Waals surface area contributed by atoms with Crippen molar-refractivity contribution in [3.63, 3.8) is 0 Å². The van der Waals surface area contributed by atoms with Crippen molar-refractivity contribution in [2.45, 2.75) is 25.8 Å². The highest BCUT2D eigenvalue weighted by atomic mass is 32.1. The first-order valence-corrected chi connectivity index (χ1v) is 9.08. The number of carbonyl (C=O) groups excluding carboxylic acids is 3. The van der Waals surface area contributed by atoms with E-state index in [1.807, 2.05) is 22.9 Å². The lowest BCUT2D eigenvalue weighted by molar-refractivity contribution is -0.136. The molecule has 3 amide bonds. The van der Waals surface area contributed by atoms with Crippen LogP contribution in [0.25, 0.3) is 0 Å². The molecular weight excluding hydrogens is 338 g/mol. The molecule has 1 aromatic carbocycles. The number of hydrogen-bond acceptors (Lipinski definition) is 4. The lowest BCUT2D eigenvalue weighted by Crippen LogP contribution is -2.36. The van der Waals surface area contributed by atoms with Gasteiger partial charge in [0.25, 0.3) is 0 Å². The van der Waals surface area contributed by atoms with Crippen molar-refractivity contribution in [3.8, 4) is 0 Å². The Balaban J connectivity index is 1.60. The molecule has 1 fully saturated rings. The van der Waals surface area contributed by atoms with Gasteiger partial charge >= 0.3 is 11.8 Å². The maximum atomic E-state index is 12.0. The van der Waals surface area contributed by atoms with Gasteiger partial charge in [-0.3, -0.25) is 14.4 Å². The molecule has 6 nitrogen and oxygen atoms in total. The molecule has 0 bridgehead atoms. The Bertz CT molecular complexity index is 774. The van der Waals surface area contributed by atoms with E-state index >= 15 is 0 Å². The van der Waals surface area contributed by atoms with E-state index in [-0.39, 0.29) is 5.91 Å². The van der Waals surface area contributed by atoms with Crippen molar-refractivity contribution in [2.24, 2.45) is 0 Å². The van der Waals surface area contributed by atoms with Crippen molar-refractivity contribution in [3.05, 3.63) is 46.7 Å². The molecule has 0 radical (unpaired) electrons. The zero-order chi connectivity index (χ0) is 17.6. The van der Waals surface area contributed by atoms with E-state index in [0.29, 0.717) is 25.2 Å². The number of benzene rings is 1. The minimum absolute atomic E-state index is 0.0863. The molecule has 0 unspecified atom stereocenters. The molecule has 1 aliphatic heterocycles. The second-order valence-corrected chi connectivity index (χ2v) is 6.60. The van der Waals surface area contributed by atoms with Gasteiger partial charge in [0.2, 0.25) is 5.91 Å². The molecule has 1 aromatic heterocycles. The van der Waals surface area contributed by atoms with Crippen molar-refractivity contribution in [2.75, 3.05) is 16.8 Å². The molecule has 0 spiro atoms. The molecule has 2 N–H and O–H groups in total. The molecule has 25 heavy (non-hydrogen) atoms. The number of thiophene rings is 1. The summed E-state index contributed by atoms with van der Waals surface area (Å²) in [4.78, 5) is 37.6. The first kappa shape index (κ1) is 17.2. The lowest BCUT2D eigenvalue weighted by atomic mass is 10.1. The zero-order valence-electron chi connectivity index (χ0n) is 13.7. The summed E-state index contributed by atoms with van der Waals surface area (Å²) < 4.78 is 0. The molecule has 3 rings (SSSR count). The van der Waals surface area contributed by atoms with E-state index in [9.17, 15) is 14.4 Å². The second-order valence-electron chi connectivity index (χ2n) is 5.82. The smallest absolute Gasteiger partial charge is 0.313 e. The van der Waals surface area contributed by atoms with Crippen LogP contribution in [0.15, 0.2) is 41.1 Å². The summed E-state index contributed by atoms with van der Waals surface area (Å²) in [5.74, 6) is -1.33. The molecule has 0 aliphatic carbocycles. The molecule has 1 saturated heterocycles. The Hall–Kier alpha value is -2.67. The molecule has 7 heteroatoms. The van der Waals surface area contributed by atoms with Gasteiger partial charge in [0.1, 0.15) is 0 Å². The number of nitrogens with zero attached hydrogens (tertiary/aromatic N) is 1. The van der Waals surface area contributed by atoms with E-state index in [1.54, 1.807) is 23.1 Å². The third-order valence-corrected chi connectivity index (χ3v) is 4.71. The molecule has 0 saturated carbocycles. The minimum Gasteiger partial charge on any atom is -0.344 e. The van der Waals surface area contributed by atoms with Crippen molar-refractivity contribution < 1.29 is 14.4 Å². The number of anilines is 2. The maximum absolute atomic E-state index is 12.0. The molecule has 1 aliphatic rings. The van der Waals surface area contributed by atoms with E-state index in [0.717, 1.165) is 24.1 Å².